The molecule has 32 heavy (non-hydrogen) atoms. The van der Waals surface area contributed by atoms with Crippen molar-refractivity contribution >= 4 is 11.8 Å². The molecular weight excluding hydrogens is 400 g/mol. The first-order chi connectivity index (χ1) is 15.1. The second-order valence-corrected chi connectivity index (χ2v) is 10.3. The summed E-state index contributed by atoms with van der Waals surface area (Å²) in [6.45, 7) is 20.0. The molecular formula is C26H50N4O2. The van der Waals surface area contributed by atoms with E-state index in [-0.39, 0.29) is 22.9 Å². The number of hydrogen-bond acceptors (Lipinski definition) is 4. The number of carbonyl (C=O) groups is 2. The summed E-state index contributed by atoms with van der Waals surface area (Å²) in [5, 5.41) is 7.57. The molecule has 0 aromatic rings. The zero-order valence-corrected chi connectivity index (χ0v) is 22.2. The largest absolute Gasteiger partial charge is 0.337 e. The summed E-state index contributed by atoms with van der Waals surface area (Å²) >= 11 is 0. The number of nitrogens with zero attached hydrogens (tertiary/aromatic N) is 2. The van der Waals surface area contributed by atoms with Crippen LogP contribution in [0.3, 0.4) is 0 Å². The summed E-state index contributed by atoms with van der Waals surface area (Å²) in [6.07, 6.45) is 7.12. The van der Waals surface area contributed by atoms with Gasteiger partial charge in [-0.2, -0.15) is 0 Å². The molecule has 2 N–H and O–H groups in total. The molecule has 0 aliphatic carbocycles. The zero-order chi connectivity index (χ0) is 24.2. The summed E-state index contributed by atoms with van der Waals surface area (Å²) < 4.78 is 0. The van der Waals surface area contributed by atoms with Gasteiger partial charge in [-0.05, 0) is 51.4 Å². The van der Waals surface area contributed by atoms with Gasteiger partial charge in [0.05, 0.1) is 11.1 Å². The minimum Gasteiger partial charge on any atom is -0.337 e. The van der Waals surface area contributed by atoms with Gasteiger partial charge >= 0.3 is 0 Å². The van der Waals surface area contributed by atoms with E-state index in [4.69, 9.17) is 0 Å². The molecule has 0 aromatic carbocycles. The SMILES string of the molecule is CCC1(CC)CN(CCN2CC(CC)(CC)NC(CC)(CC)C2=O)C(=O)C(CC)(CC)N1. The lowest BCUT2D eigenvalue weighted by molar-refractivity contribution is -0.152. The smallest absolute Gasteiger partial charge is 0.242 e. The molecule has 2 aliphatic heterocycles. The zero-order valence-electron chi connectivity index (χ0n) is 22.2. The van der Waals surface area contributed by atoms with Gasteiger partial charge in [0.2, 0.25) is 11.8 Å². The number of nitrogens with one attached hydrogen (secondary N) is 2. The van der Waals surface area contributed by atoms with E-state index in [0.29, 0.717) is 13.1 Å². The van der Waals surface area contributed by atoms with E-state index in [1.807, 2.05) is 0 Å². The molecule has 0 radical (unpaired) electrons. The van der Waals surface area contributed by atoms with Crippen molar-refractivity contribution in [1.82, 2.24) is 20.4 Å². The Morgan fingerprint density at radius 1 is 0.562 bits per heavy atom. The van der Waals surface area contributed by atoms with E-state index in [9.17, 15) is 9.59 Å². The van der Waals surface area contributed by atoms with Gasteiger partial charge in [-0.3, -0.25) is 20.2 Å². The second-order valence-electron chi connectivity index (χ2n) is 10.3. The lowest BCUT2D eigenvalue weighted by Gasteiger charge is -2.54. The molecule has 2 saturated heterocycles. The number of hydrogen-bond donors (Lipinski definition) is 2. The predicted molar refractivity (Wildman–Crippen MR) is 133 cm³/mol. The van der Waals surface area contributed by atoms with Crippen molar-refractivity contribution in [3.63, 3.8) is 0 Å². The molecule has 6 nitrogen and oxygen atoms in total. The summed E-state index contributed by atoms with van der Waals surface area (Å²) in [4.78, 5) is 31.3. The molecule has 0 unspecified atom stereocenters. The van der Waals surface area contributed by atoms with Crippen molar-refractivity contribution in [2.75, 3.05) is 26.2 Å². The van der Waals surface area contributed by atoms with Gasteiger partial charge in [0.25, 0.3) is 0 Å². The maximum atomic E-state index is 13.6. The van der Waals surface area contributed by atoms with Crippen LogP contribution in [0.2, 0.25) is 0 Å². The van der Waals surface area contributed by atoms with E-state index in [1.165, 1.54) is 0 Å². The highest BCUT2D eigenvalue weighted by atomic mass is 16.2. The Bertz CT molecular complexity index is 590. The van der Waals surface area contributed by atoms with E-state index < -0.39 is 11.1 Å². The Morgan fingerprint density at radius 2 is 0.844 bits per heavy atom. The monoisotopic (exact) mass is 450 g/mol. The van der Waals surface area contributed by atoms with E-state index in [0.717, 1.165) is 64.5 Å². The molecule has 0 spiro atoms. The van der Waals surface area contributed by atoms with E-state index in [2.05, 4.69) is 75.8 Å². The van der Waals surface area contributed by atoms with Crippen LogP contribution in [0.15, 0.2) is 0 Å². The first-order valence-electron chi connectivity index (χ1n) is 13.3. The van der Waals surface area contributed by atoms with Crippen LogP contribution in [-0.4, -0.2) is 69.9 Å². The number of piperazine rings is 2. The molecule has 0 aromatic heterocycles. The van der Waals surface area contributed by atoms with Gasteiger partial charge in [0.15, 0.2) is 0 Å². The number of rotatable bonds is 11. The summed E-state index contributed by atoms with van der Waals surface area (Å²) in [5.41, 5.74) is -1.10. The first kappa shape index (κ1) is 27.1. The third kappa shape index (κ3) is 4.59. The number of amides is 2. The molecule has 2 rings (SSSR count). The van der Waals surface area contributed by atoms with E-state index >= 15 is 0 Å². The van der Waals surface area contributed by atoms with Crippen molar-refractivity contribution < 1.29 is 9.59 Å². The maximum Gasteiger partial charge on any atom is 0.242 e. The molecule has 0 saturated carbocycles. The lowest BCUT2D eigenvalue weighted by atomic mass is 9.79. The van der Waals surface area contributed by atoms with Crippen LogP contribution in [0.1, 0.15) is 107 Å². The third-order valence-corrected chi connectivity index (χ3v) is 9.15. The van der Waals surface area contributed by atoms with Gasteiger partial charge in [-0.1, -0.05) is 55.4 Å². The minimum absolute atomic E-state index is 0.0550. The first-order valence-corrected chi connectivity index (χ1v) is 13.3. The molecule has 6 heteroatoms. The normalized spacial score (nSPS) is 24.1. The Morgan fingerprint density at radius 3 is 1.06 bits per heavy atom. The van der Waals surface area contributed by atoms with Crippen LogP contribution in [0, 0.1) is 0 Å². The number of carbonyl (C=O) groups excluding carboxylic acids is 2. The van der Waals surface area contributed by atoms with Crippen molar-refractivity contribution in [2.24, 2.45) is 0 Å². The van der Waals surface area contributed by atoms with Gasteiger partial charge in [-0.25, -0.2) is 0 Å². The predicted octanol–water partition coefficient (Wildman–Crippen LogP) is 4.09. The highest BCUT2D eigenvalue weighted by Crippen LogP contribution is 2.34. The Balaban J connectivity index is 2.30. The standard InChI is InChI=1S/C26H50N4O2/c1-9-23(10-2)19-29(21(31)25(13-5,14-6)27-23)17-18-30-20-24(11-3,12-4)28-26(15-7,16-8)22(30)32/h27-28H,9-20H2,1-8H3. The highest BCUT2D eigenvalue weighted by molar-refractivity contribution is 5.89. The van der Waals surface area contributed by atoms with Crippen LogP contribution in [-0.2, 0) is 9.59 Å². The minimum atomic E-state index is -0.495. The van der Waals surface area contributed by atoms with Crippen LogP contribution in [0.5, 0.6) is 0 Å². The van der Waals surface area contributed by atoms with Crippen molar-refractivity contribution in [2.45, 2.75) is 129 Å². The maximum absolute atomic E-state index is 13.6. The third-order valence-electron chi connectivity index (χ3n) is 9.15. The average Bonchev–Trinajstić information content (AvgIpc) is 2.85. The average molecular weight is 451 g/mol. The fourth-order valence-electron chi connectivity index (χ4n) is 6.04. The topological polar surface area (TPSA) is 64.7 Å². The lowest BCUT2D eigenvalue weighted by Crippen LogP contribution is -2.75. The Hall–Kier alpha value is -1.14. The van der Waals surface area contributed by atoms with Gasteiger partial charge in [0, 0.05) is 37.3 Å². The molecule has 0 atom stereocenters. The van der Waals surface area contributed by atoms with E-state index in [1.54, 1.807) is 0 Å². The fourth-order valence-corrected chi connectivity index (χ4v) is 6.04. The van der Waals surface area contributed by atoms with Crippen LogP contribution in [0.4, 0.5) is 0 Å². The second kappa shape index (κ2) is 10.4. The summed E-state index contributed by atoms with van der Waals surface area (Å²) in [7, 11) is 0. The molecule has 2 fully saturated rings. The summed E-state index contributed by atoms with van der Waals surface area (Å²) in [5.74, 6) is 0.411. The highest BCUT2D eigenvalue weighted by Gasteiger charge is 2.51. The van der Waals surface area contributed by atoms with Crippen molar-refractivity contribution in [3.8, 4) is 0 Å². The molecule has 186 valence electrons. The molecule has 0 bridgehead atoms. The van der Waals surface area contributed by atoms with Gasteiger partial charge in [0.1, 0.15) is 0 Å². The van der Waals surface area contributed by atoms with Gasteiger partial charge in [-0.15, -0.1) is 0 Å². The van der Waals surface area contributed by atoms with Crippen LogP contribution >= 0.6 is 0 Å². The molecule has 2 amide bonds. The summed E-state index contributed by atoms with van der Waals surface area (Å²) in [6, 6.07) is 0. The van der Waals surface area contributed by atoms with Gasteiger partial charge < -0.3 is 9.80 Å². The Labute approximate surface area is 197 Å². The van der Waals surface area contributed by atoms with Crippen LogP contribution in [0.25, 0.3) is 0 Å². The quantitative estimate of drug-likeness (QED) is 0.498. The van der Waals surface area contributed by atoms with Crippen LogP contribution < -0.4 is 10.6 Å². The van der Waals surface area contributed by atoms with Crippen molar-refractivity contribution in [1.29, 1.82) is 0 Å². The van der Waals surface area contributed by atoms with Crippen molar-refractivity contribution in [3.05, 3.63) is 0 Å². The molecule has 2 heterocycles. The fraction of sp³-hybridized carbons (Fsp3) is 0.923. The Kier molecular flexibility index (Phi) is 8.82. The molecule has 2 aliphatic rings.